The van der Waals surface area contributed by atoms with E-state index in [1.165, 1.54) is 12.1 Å². The predicted octanol–water partition coefficient (Wildman–Crippen LogP) is 11.0. The summed E-state index contributed by atoms with van der Waals surface area (Å²) in [6, 6.07) is 27.1. The maximum absolute atomic E-state index is 14.1. The van der Waals surface area contributed by atoms with Crippen molar-refractivity contribution in [3.05, 3.63) is 101 Å². The lowest BCUT2D eigenvalue weighted by Gasteiger charge is -2.37. The smallest absolute Gasteiger partial charge is 0.418 e. The molecular formula is C31H30BrClF3N2OP. The number of hydrogen-bond donors (Lipinski definition) is 0. The molecule has 0 fully saturated rings. The molecule has 0 N–H and O–H groups in total. The number of hydrogen-bond acceptors (Lipinski definition) is 2. The van der Waals surface area contributed by atoms with Crippen LogP contribution in [0.4, 0.5) is 18.9 Å². The van der Waals surface area contributed by atoms with Gasteiger partial charge in [-0.05, 0) is 67.6 Å². The Labute approximate surface area is 247 Å². The van der Waals surface area contributed by atoms with Crippen molar-refractivity contribution in [1.29, 1.82) is 0 Å². The highest BCUT2D eigenvalue weighted by Gasteiger charge is 2.41. The first-order valence-corrected chi connectivity index (χ1v) is 15.2. The molecule has 0 saturated carbocycles. The number of alkyl halides is 3. The van der Waals surface area contributed by atoms with Crippen LogP contribution in [0.25, 0.3) is 21.8 Å². The van der Waals surface area contributed by atoms with E-state index in [1.54, 1.807) is 6.07 Å². The van der Waals surface area contributed by atoms with Crippen LogP contribution in [0.2, 0.25) is 0 Å². The van der Waals surface area contributed by atoms with Crippen LogP contribution in [0.1, 0.15) is 33.3 Å². The fourth-order valence-corrected chi connectivity index (χ4v) is 8.34. The monoisotopic (exact) mass is 648 g/mol. The number of fused-ring (bicyclic) bond motifs is 3. The molecule has 1 atom stereocenters. The Morgan fingerprint density at radius 2 is 1.45 bits per heavy atom. The van der Waals surface area contributed by atoms with Crippen molar-refractivity contribution in [3.63, 3.8) is 0 Å². The standard InChI is InChI=1S/C31H29BrF3N2OP.ClH/c1-5-37-28-13-9-6-10-24(28)25-20-23(18-19-29(25)37)39(30(2,3)4,38-22-16-14-21(32)15-17-22)36-27-12-8-7-11-26(27)31(33,34)35;/h6-20H,5H2,1-4H3;1H. The second-order valence-electron chi connectivity index (χ2n) is 10.4. The maximum Gasteiger partial charge on any atom is 0.418 e. The van der Waals surface area contributed by atoms with Crippen molar-refractivity contribution in [2.24, 2.45) is 4.74 Å². The van der Waals surface area contributed by atoms with Crippen LogP contribution in [0.3, 0.4) is 0 Å². The minimum Gasteiger partial charge on any atom is -0.455 e. The number of aromatic nitrogens is 1. The van der Waals surface area contributed by atoms with Gasteiger partial charge in [0.05, 0.1) is 11.3 Å². The van der Waals surface area contributed by atoms with Gasteiger partial charge in [0.1, 0.15) is 5.75 Å². The first-order valence-electron chi connectivity index (χ1n) is 12.7. The summed E-state index contributed by atoms with van der Waals surface area (Å²) in [6.45, 7) is 8.85. The predicted molar refractivity (Wildman–Crippen MR) is 167 cm³/mol. The zero-order valence-corrected chi connectivity index (χ0v) is 25.8. The van der Waals surface area contributed by atoms with E-state index in [9.17, 15) is 13.2 Å². The summed E-state index contributed by atoms with van der Waals surface area (Å²) >= 11 is 3.46. The molecule has 0 aliphatic heterocycles. The van der Waals surface area contributed by atoms with Crippen LogP contribution < -0.4 is 9.83 Å². The van der Waals surface area contributed by atoms with E-state index in [2.05, 4.69) is 45.6 Å². The number of benzene rings is 4. The van der Waals surface area contributed by atoms with Crippen molar-refractivity contribution >= 4 is 68.4 Å². The fraction of sp³-hybridized carbons (Fsp3) is 0.226. The van der Waals surface area contributed by atoms with Crippen LogP contribution in [-0.4, -0.2) is 9.72 Å². The average molecular weight is 650 g/mol. The molecule has 0 amide bonds. The highest BCUT2D eigenvalue weighted by atomic mass is 79.9. The molecule has 1 heterocycles. The van der Waals surface area contributed by atoms with Gasteiger partial charge in [0.15, 0.2) is 7.28 Å². The Morgan fingerprint density at radius 3 is 2.10 bits per heavy atom. The van der Waals surface area contributed by atoms with Gasteiger partial charge < -0.3 is 9.09 Å². The summed E-state index contributed by atoms with van der Waals surface area (Å²) < 4.78 is 57.3. The first kappa shape index (κ1) is 30.2. The molecule has 210 valence electrons. The molecule has 9 heteroatoms. The van der Waals surface area contributed by atoms with E-state index in [0.29, 0.717) is 5.75 Å². The molecule has 0 bridgehead atoms. The van der Waals surface area contributed by atoms with Crippen LogP contribution in [-0.2, 0) is 12.7 Å². The molecule has 0 aliphatic rings. The lowest BCUT2D eigenvalue weighted by atomic mass is 10.1. The molecule has 1 unspecified atom stereocenters. The Hall–Kier alpha value is -2.73. The molecule has 5 aromatic rings. The van der Waals surface area contributed by atoms with Crippen LogP contribution in [0.15, 0.2) is 100 Å². The van der Waals surface area contributed by atoms with Crippen molar-refractivity contribution in [1.82, 2.24) is 4.57 Å². The van der Waals surface area contributed by atoms with Crippen LogP contribution in [0, 0.1) is 0 Å². The third kappa shape index (κ3) is 5.44. The number of rotatable bonds is 5. The largest absolute Gasteiger partial charge is 0.455 e. The highest BCUT2D eigenvalue weighted by Crippen LogP contribution is 2.63. The molecule has 40 heavy (non-hydrogen) atoms. The molecular weight excluding hydrogens is 620 g/mol. The number of aryl methyl sites for hydroxylation is 1. The lowest BCUT2D eigenvalue weighted by Crippen LogP contribution is -2.27. The first-order chi connectivity index (χ1) is 18.4. The van der Waals surface area contributed by atoms with Gasteiger partial charge in [0.2, 0.25) is 0 Å². The molecule has 3 nitrogen and oxygen atoms in total. The van der Waals surface area contributed by atoms with E-state index in [0.717, 1.165) is 44.2 Å². The normalized spacial score (nSPS) is 13.6. The van der Waals surface area contributed by atoms with Gasteiger partial charge in [-0.3, -0.25) is 0 Å². The highest BCUT2D eigenvalue weighted by molar-refractivity contribution is 9.10. The Morgan fingerprint density at radius 1 is 0.825 bits per heavy atom. The molecule has 0 saturated heterocycles. The van der Waals surface area contributed by atoms with Crippen molar-refractivity contribution in [2.45, 2.75) is 45.6 Å². The van der Waals surface area contributed by atoms with Gasteiger partial charge in [0.25, 0.3) is 0 Å². The van der Waals surface area contributed by atoms with Crippen LogP contribution >= 0.6 is 35.6 Å². The molecule has 0 aliphatic carbocycles. The van der Waals surface area contributed by atoms with Gasteiger partial charge >= 0.3 is 6.18 Å². The van der Waals surface area contributed by atoms with E-state index >= 15 is 0 Å². The number of para-hydroxylation sites is 1. The lowest BCUT2D eigenvalue weighted by molar-refractivity contribution is -0.137. The Balaban J connectivity index is 0.00000370. The molecule has 1 aromatic heterocycles. The van der Waals surface area contributed by atoms with Crippen molar-refractivity contribution in [3.8, 4) is 5.75 Å². The Kier molecular flexibility index (Phi) is 8.52. The third-order valence-electron chi connectivity index (χ3n) is 6.84. The van der Waals surface area contributed by atoms with Gasteiger partial charge in [0, 0.05) is 43.3 Å². The van der Waals surface area contributed by atoms with E-state index < -0.39 is 24.2 Å². The summed E-state index contributed by atoms with van der Waals surface area (Å²) in [4.78, 5) is 0. The number of halogens is 5. The summed E-state index contributed by atoms with van der Waals surface area (Å²) in [7, 11) is -3.17. The molecule has 0 spiro atoms. The SMILES string of the molecule is CCn1c2ccccc2c2cc(P(=Nc3ccccc3C(F)(F)F)(Oc3ccc(Br)cc3)C(C)(C)C)ccc21.Cl. The van der Waals surface area contributed by atoms with E-state index in [4.69, 9.17) is 9.27 Å². The minimum absolute atomic E-state index is 0. The van der Waals surface area contributed by atoms with Gasteiger partial charge in [-0.15, -0.1) is 12.4 Å². The summed E-state index contributed by atoms with van der Waals surface area (Å²) in [5, 5.41) is 2.25. The fourth-order valence-electron chi connectivity index (χ4n) is 4.98. The molecule has 0 radical (unpaired) electrons. The Bertz CT molecular complexity index is 1720. The quantitative estimate of drug-likeness (QED) is 0.174. The minimum atomic E-state index is -4.55. The molecule has 5 rings (SSSR count). The zero-order valence-electron chi connectivity index (χ0n) is 22.5. The third-order valence-corrected chi connectivity index (χ3v) is 11.1. The topological polar surface area (TPSA) is 26.5 Å². The second kappa shape index (κ2) is 11.3. The van der Waals surface area contributed by atoms with Gasteiger partial charge in [-0.1, -0.05) is 67.0 Å². The molecule has 4 aromatic carbocycles. The van der Waals surface area contributed by atoms with E-state index in [-0.39, 0.29) is 18.1 Å². The average Bonchev–Trinajstić information content (AvgIpc) is 3.21. The summed E-state index contributed by atoms with van der Waals surface area (Å²) in [5.74, 6) is 0.547. The number of nitrogens with zero attached hydrogens (tertiary/aromatic N) is 2. The van der Waals surface area contributed by atoms with Crippen molar-refractivity contribution in [2.75, 3.05) is 0 Å². The zero-order chi connectivity index (χ0) is 28.0. The summed E-state index contributed by atoms with van der Waals surface area (Å²) in [6.07, 6.45) is -4.55. The van der Waals surface area contributed by atoms with Gasteiger partial charge in [-0.2, -0.15) is 13.2 Å². The van der Waals surface area contributed by atoms with Crippen molar-refractivity contribution < 1.29 is 17.7 Å². The van der Waals surface area contributed by atoms with Crippen LogP contribution in [0.5, 0.6) is 5.75 Å². The van der Waals surface area contributed by atoms with E-state index in [1.807, 2.05) is 69.3 Å². The maximum atomic E-state index is 14.1. The van der Waals surface area contributed by atoms with Gasteiger partial charge in [-0.25, -0.2) is 4.74 Å². The summed E-state index contributed by atoms with van der Waals surface area (Å²) in [5.41, 5.74) is 1.27. The second-order valence-corrected chi connectivity index (χ2v) is 14.7.